The van der Waals surface area contributed by atoms with Crippen LogP contribution in [0.4, 0.5) is 5.95 Å². The fourth-order valence-electron chi connectivity index (χ4n) is 3.56. The van der Waals surface area contributed by atoms with Gasteiger partial charge in [0.25, 0.3) is 5.56 Å². The number of H-pyrrole nitrogens is 1. The SMILES string of the molecule is Cn1c(=O)c2[nH]c(N3CC[NH+](Cc4ccccc4)CC3)nc2n(C)c1=O. The molecule has 0 unspecified atom stereocenters. The molecule has 136 valence electrons. The first-order valence-corrected chi connectivity index (χ1v) is 8.83. The molecule has 26 heavy (non-hydrogen) atoms. The summed E-state index contributed by atoms with van der Waals surface area (Å²) in [5, 5.41) is 0. The van der Waals surface area contributed by atoms with Gasteiger partial charge in [0.1, 0.15) is 6.54 Å². The van der Waals surface area contributed by atoms with Gasteiger partial charge in [-0.1, -0.05) is 30.3 Å². The number of aromatic amines is 1. The number of fused-ring (bicyclic) bond motifs is 1. The van der Waals surface area contributed by atoms with Crippen molar-refractivity contribution >= 4 is 17.1 Å². The highest BCUT2D eigenvalue weighted by atomic mass is 16.2. The molecule has 2 aromatic heterocycles. The van der Waals surface area contributed by atoms with E-state index in [0.29, 0.717) is 17.1 Å². The summed E-state index contributed by atoms with van der Waals surface area (Å²) < 4.78 is 2.51. The van der Waals surface area contributed by atoms with Crippen molar-refractivity contribution in [3.63, 3.8) is 0 Å². The zero-order chi connectivity index (χ0) is 18.3. The first-order valence-electron chi connectivity index (χ1n) is 8.83. The number of hydrogen-bond donors (Lipinski definition) is 2. The molecule has 0 radical (unpaired) electrons. The minimum atomic E-state index is -0.363. The summed E-state index contributed by atoms with van der Waals surface area (Å²) in [6.07, 6.45) is 0. The molecule has 8 heteroatoms. The standard InChI is InChI=1S/C18H22N6O2/c1-21-15-14(16(25)22(2)18(21)26)19-17(20-15)24-10-8-23(9-11-24)12-13-6-4-3-5-7-13/h3-7H,8-12H2,1-2H3,(H,19,20)/p+1. The van der Waals surface area contributed by atoms with Crippen LogP contribution in [0.25, 0.3) is 11.2 Å². The van der Waals surface area contributed by atoms with Crippen molar-refractivity contribution in [2.45, 2.75) is 6.54 Å². The Balaban J connectivity index is 1.53. The van der Waals surface area contributed by atoms with Crippen molar-refractivity contribution in [3.8, 4) is 0 Å². The molecule has 1 saturated heterocycles. The number of piperazine rings is 1. The Hall–Kier alpha value is -2.87. The van der Waals surface area contributed by atoms with Crippen LogP contribution in [-0.4, -0.2) is 45.3 Å². The molecule has 8 nitrogen and oxygen atoms in total. The van der Waals surface area contributed by atoms with Crippen molar-refractivity contribution in [1.29, 1.82) is 0 Å². The molecule has 1 fully saturated rings. The van der Waals surface area contributed by atoms with Gasteiger partial charge in [-0.3, -0.25) is 13.9 Å². The van der Waals surface area contributed by atoms with E-state index in [4.69, 9.17) is 0 Å². The Kier molecular flexibility index (Phi) is 4.12. The van der Waals surface area contributed by atoms with Gasteiger partial charge in [-0.05, 0) is 0 Å². The smallest absolute Gasteiger partial charge is 0.331 e. The average Bonchev–Trinajstić information content (AvgIpc) is 3.12. The predicted octanol–water partition coefficient (Wildman–Crippen LogP) is -1.13. The molecule has 3 aromatic rings. The Labute approximate surface area is 150 Å². The van der Waals surface area contributed by atoms with Crippen LogP contribution >= 0.6 is 0 Å². The van der Waals surface area contributed by atoms with Crippen LogP contribution in [0, 0.1) is 0 Å². The summed E-state index contributed by atoms with van der Waals surface area (Å²) >= 11 is 0. The van der Waals surface area contributed by atoms with Gasteiger partial charge >= 0.3 is 5.69 Å². The number of hydrogen-bond acceptors (Lipinski definition) is 4. The lowest BCUT2D eigenvalue weighted by Gasteiger charge is -2.32. The van der Waals surface area contributed by atoms with Gasteiger partial charge in [0.2, 0.25) is 5.95 Å². The number of benzene rings is 1. The Morgan fingerprint density at radius 3 is 2.46 bits per heavy atom. The molecule has 0 amide bonds. The van der Waals surface area contributed by atoms with Crippen LogP contribution in [-0.2, 0) is 20.6 Å². The zero-order valence-electron chi connectivity index (χ0n) is 15.0. The van der Waals surface area contributed by atoms with Gasteiger partial charge in [-0.15, -0.1) is 0 Å². The average molecular weight is 355 g/mol. The molecule has 0 spiro atoms. The Morgan fingerprint density at radius 1 is 1.08 bits per heavy atom. The van der Waals surface area contributed by atoms with Gasteiger partial charge in [0, 0.05) is 19.7 Å². The first-order chi connectivity index (χ1) is 12.5. The minimum Gasteiger partial charge on any atom is -0.331 e. The summed E-state index contributed by atoms with van der Waals surface area (Å²) in [5.74, 6) is 0.664. The lowest BCUT2D eigenvalue weighted by Crippen LogP contribution is -3.13. The highest BCUT2D eigenvalue weighted by Crippen LogP contribution is 2.13. The number of imidazole rings is 1. The minimum absolute atomic E-state index is 0.338. The second-order valence-electron chi connectivity index (χ2n) is 6.86. The van der Waals surface area contributed by atoms with E-state index < -0.39 is 0 Å². The summed E-state index contributed by atoms with van der Waals surface area (Å²) in [4.78, 5) is 35.7. The molecule has 2 N–H and O–H groups in total. The summed E-state index contributed by atoms with van der Waals surface area (Å²) in [5.41, 5.74) is 1.43. The van der Waals surface area contributed by atoms with Crippen LogP contribution in [0.5, 0.6) is 0 Å². The maximum atomic E-state index is 12.3. The normalized spacial score (nSPS) is 15.7. The number of aromatic nitrogens is 4. The van der Waals surface area contributed by atoms with Crippen LogP contribution < -0.4 is 21.0 Å². The molecule has 0 aliphatic carbocycles. The molecule has 4 rings (SSSR count). The highest BCUT2D eigenvalue weighted by Gasteiger charge is 2.23. The van der Waals surface area contributed by atoms with Gasteiger partial charge in [-0.2, -0.15) is 4.98 Å². The molecular formula is C18H23N6O2+. The number of quaternary nitrogens is 1. The topological polar surface area (TPSA) is 80.4 Å². The second kappa shape index (κ2) is 6.45. The van der Waals surface area contributed by atoms with Crippen molar-refractivity contribution in [3.05, 3.63) is 56.7 Å². The quantitative estimate of drug-likeness (QED) is 0.623. The zero-order valence-corrected chi connectivity index (χ0v) is 15.0. The van der Waals surface area contributed by atoms with Crippen molar-refractivity contribution in [2.75, 3.05) is 31.1 Å². The van der Waals surface area contributed by atoms with E-state index in [1.54, 1.807) is 7.05 Å². The largest absolute Gasteiger partial charge is 0.332 e. The van der Waals surface area contributed by atoms with E-state index in [2.05, 4.69) is 39.1 Å². The molecule has 0 atom stereocenters. The Bertz CT molecular complexity index is 1040. The molecular weight excluding hydrogens is 332 g/mol. The lowest BCUT2D eigenvalue weighted by atomic mass is 10.2. The van der Waals surface area contributed by atoms with E-state index in [-0.39, 0.29) is 11.2 Å². The summed E-state index contributed by atoms with van der Waals surface area (Å²) in [6, 6.07) is 10.5. The highest BCUT2D eigenvalue weighted by molar-refractivity contribution is 5.72. The number of nitrogens with one attached hydrogen (secondary N) is 2. The van der Waals surface area contributed by atoms with E-state index >= 15 is 0 Å². The van der Waals surface area contributed by atoms with Crippen molar-refractivity contribution in [2.24, 2.45) is 14.1 Å². The Morgan fingerprint density at radius 2 is 1.77 bits per heavy atom. The third-order valence-electron chi connectivity index (χ3n) is 5.15. The van der Waals surface area contributed by atoms with Crippen LogP contribution in [0.15, 0.2) is 39.9 Å². The van der Waals surface area contributed by atoms with E-state index in [9.17, 15) is 9.59 Å². The molecule has 3 heterocycles. The molecule has 1 aliphatic rings. The van der Waals surface area contributed by atoms with Gasteiger partial charge in [0.15, 0.2) is 11.2 Å². The first kappa shape index (κ1) is 16.6. The van der Waals surface area contributed by atoms with Crippen molar-refractivity contribution in [1.82, 2.24) is 19.1 Å². The fourth-order valence-corrected chi connectivity index (χ4v) is 3.56. The maximum Gasteiger partial charge on any atom is 0.332 e. The fraction of sp³-hybridized carbons (Fsp3) is 0.389. The van der Waals surface area contributed by atoms with Crippen LogP contribution in [0.1, 0.15) is 5.56 Å². The molecule has 0 saturated carbocycles. The van der Waals surface area contributed by atoms with E-state index in [1.807, 2.05) is 6.07 Å². The second-order valence-corrected chi connectivity index (χ2v) is 6.86. The molecule has 0 bridgehead atoms. The predicted molar refractivity (Wildman–Crippen MR) is 99.6 cm³/mol. The summed E-state index contributed by atoms with van der Waals surface area (Å²) in [6.45, 7) is 4.74. The number of aryl methyl sites for hydroxylation is 1. The number of rotatable bonds is 3. The van der Waals surface area contributed by atoms with Crippen LogP contribution in [0.2, 0.25) is 0 Å². The lowest BCUT2D eigenvalue weighted by molar-refractivity contribution is -0.914. The third-order valence-corrected chi connectivity index (χ3v) is 5.15. The van der Waals surface area contributed by atoms with Crippen LogP contribution in [0.3, 0.4) is 0 Å². The molecule has 1 aliphatic heterocycles. The maximum absolute atomic E-state index is 12.3. The number of anilines is 1. The molecule has 1 aromatic carbocycles. The van der Waals surface area contributed by atoms with Crippen molar-refractivity contribution < 1.29 is 4.90 Å². The third kappa shape index (κ3) is 2.82. The monoisotopic (exact) mass is 355 g/mol. The van der Waals surface area contributed by atoms with E-state index in [0.717, 1.165) is 37.3 Å². The number of nitrogens with zero attached hydrogens (tertiary/aromatic N) is 4. The van der Waals surface area contributed by atoms with Gasteiger partial charge in [-0.25, -0.2) is 4.79 Å². The van der Waals surface area contributed by atoms with E-state index in [1.165, 1.54) is 22.1 Å². The summed E-state index contributed by atoms with van der Waals surface area (Å²) in [7, 11) is 3.12. The van der Waals surface area contributed by atoms with Gasteiger partial charge < -0.3 is 14.8 Å². The van der Waals surface area contributed by atoms with Gasteiger partial charge in [0.05, 0.1) is 26.2 Å².